The van der Waals surface area contributed by atoms with Gasteiger partial charge < -0.3 is 21.4 Å². The van der Waals surface area contributed by atoms with E-state index in [2.05, 4.69) is 19.9 Å². The Labute approximate surface area is 75.4 Å². The molecule has 0 radical (unpaired) electrons. The number of hydrogen-bond donors (Lipinski definition) is 4. The summed E-state index contributed by atoms with van der Waals surface area (Å²) >= 11 is 0. The third-order valence-corrected chi connectivity index (χ3v) is 1.29. The normalized spacial score (nSPS) is 9.00. The minimum absolute atomic E-state index is 0.542. The second-order valence-electron chi connectivity index (χ2n) is 2.29. The van der Waals surface area contributed by atoms with Crippen molar-refractivity contribution in [2.75, 3.05) is 5.73 Å². The molecule has 6 N–H and O–H groups in total. The first-order chi connectivity index (χ1) is 6.33. The third kappa shape index (κ3) is 3.39. The Morgan fingerprint density at radius 3 is 2.08 bits per heavy atom. The average molecular weight is 180 g/mol. The van der Waals surface area contributed by atoms with Crippen molar-refractivity contribution in [2.45, 2.75) is 6.54 Å². The van der Waals surface area contributed by atoms with Crippen molar-refractivity contribution >= 4 is 5.82 Å². The van der Waals surface area contributed by atoms with Gasteiger partial charge in [-0.3, -0.25) is 0 Å². The molecule has 0 saturated heterocycles. The number of rotatable bonds is 1. The van der Waals surface area contributed by atoms with E-state index in [1.807, 2.05) is 0 Å². The molecule has 0 saturated carbocycles. The molecule has 0 aromatic carbocycles. The number of imidazole rings is 2. The fourth-order valence-electron chi connectivity index (χ4n) is 0.663. The van der Waals surface area contributed by atoms with E-state index >= 15 is 0 Å². The van der Waals surface area contributed by atoms with E-state index in [4.69, 9.17) is 11.5 Å². The van der Waals surface area contributed by atoms with E-state index in [0.717, 1.165) is 5.69 Å². The van der Waals surface area contributed by atoms with Gasteiger partial charge in [0.25, 0.3) is 0 Å². The summed E-state index contributed by atoms with van der Waals surface area (Å²) in [4.78, 5) is 12.9. The number of nitrogens with two attached hydrogens (primary N) is 2. The number of nitrogens with one attached hydrogen (secondary N) is 2. The van der Waals surface area contributed by atoms with E-state index in [1.54, 1.807) is 18.7 Å². The SMILES string of the molecule is NCc1cnc[nH]1.Nc1cnc[nH]1. The van der Waals surface area contributed by atoms with Crippen molar-refractivity contribution in [3.8, 4) is 0 Å². The maximum atomic E-state index is 5.22. The minimum Gasteiger partial charge on any atom is -0.384 e. The van der Waals surface area contributed by atoms with Gasteiger partial charge in [0.15, 0.2) is 0 Å². The van der Waals surface area contributed by atoms with Crippen LogP contribution < -0.4 is 11.5 Å². The van der Waals surface area contributed by atoms with Crippen LogP contribution in [0.15, 0.2) is 25.0 Å². The molecule has 0 aliphatic carbocycles. The lowest BCUT2D eigenvalue weighted by Crippen LogP contribution is -1.94. The lowest BCUT2D eigenvalue weighted by molar-refractivity contribution is 1.01. The standard InChI is InChI=1S/C4H7N3.C3H5N3/c5-1-4-2-6-3-7-4;4-3-1-5-2-6-3/h2-3H,1,5H2,(H,6,7);1-2H,4H2,(H,5,6). The number of aromatic amines is 2. The zero-order valence-corrected chi connectivity index (χ0v) is 7.07. The molecule has 2 heterocycles. The van der Waals surface area contributed by atoms with Crippen LogP contribution in [0.3, 0.4) is 0 Å². The highest BCUT2D eigenvalue weighted by molar-refractivity contribution is 5.20. The molecule has 2 rings (SSSR count). The van der Waals surface area contributed by atoms with Gasteiger partial charge in [0, 0.05) is 18.4 Å². The van der Waals surface area contributed by atoms with Crippen molar-refractivity contribution < 1.29 is 0 Å². The highest BCUT2D eigenvalue weighted by Crippen LogP contribution is 1.85. The Morgan fingerprint density at radius 2 is 1.85 bits per heavy atom. The van der Waals surface area contributed by atoms with Gasteiger partial charge in [-0.25, -0.2) is 9.97 Å². The van der Waals surface area contributed by atoms with Crippen LogP contribution in [0.25, 0.3) is 0 Å². The smallest absolute Gasteiger partial charge is 0.120 e. The molecule has 0 atom stereocenters. The fraction of sp³-hybridized carbons (Fsp3) is 0.143. The summed E-state index contributed by atoms with van der Waals surface area (Å²) in [5.41, 5.74) is 11.4. The van der Waals surface area contributed by atoms with Crippen molar-refractivity contribution in [1.29, 1.82) is 0 Å². The number of anilines is 1. The van der Waals surface area contributed by atoms with Crippen LogP contribution in [-0.4, -0.2) is 19.9 Å². The van der Waals surface area contributed by atoms with E-state index in [9.17, 15) is 0 Å². The Balaban J connectivity index is 0.000000132. The molecule has 0 unspecified atom stereocenters. The molecule has 0 bridgehead atoms. The first-order valence-corrected chi connectivity index (χ1v) is 3.74. The zero-order chi connectivity index (χ0) is 9.52. The van der Waals surface area contributed by atoms with Gasteiger partial charge in [0.05, 0.1) is 18.9 Å². The molecule has 6 nitrogen and oxygen atoms in total. The van der Waals surface area contributed by atoms with Gasteiger partial charge in [-0.05, 0) is 0 Å². The van der Waals surface area contributed by atoms with E-state index < -0.39 is 0 Å². The van der Waals surface area contributed by atoms with Gasteiger partial charge in [-0.15, -0.1) is 0 Å². The quantitative estimate of drug-likeness (QED) is 0.489. The van der Waals surface area contributed by atoms with Crippen molar-refractivity contribution in [3.63, 3.8) is 0 Å². The number of nitrogens with zero attached hydrogens (tertiary/aromatic N) is 2. The molecule has 0 aliphatic heterocycles. The van der Waals surface area contributed by atoms with E-state index in [0.29, 0.717) is 12.4 Å². The van der Waals surface area contributed by atoms with Crippen molar-refractivity contribution in [1.82, 2.24) is 19.9 Å². The Bertz CT molecular complexity index is 298. The molecule has 0 amide bonds. The van der Waals surface area contributed by atoms with Gasteiger partial charge in [0.1, 0.15) is 5.82 Å². The fourth-order valence-corrected chi connectivity index (χ4v) is 0.663. The van der Waals surface area contributed by atoms with Crippen molar-refractivity contribution in [2.24, 2.45) is 5.73 Å². The third-order valence-electron chi connectivity index (χ3n) is 1.29. The summed E-state index contributed by atoms with van der Waals surface area (Å²) in [6.07, 6.45) is 6.41. The molecule has 2 aromatic heterocycles. The molecule has 70 valence electrons. The van der Waals surface area contributed by atoms with Crippen LogP contribution in [0.2, 0.25) is 0 Å². The van der Waals surface area contributed by atoms with Crippen LogP contribution in [0.5, 0.6) is 0 Å². The summed E-state index contributed by atoms with van der Waals surface area (Å²) in [7, 11) is 0. The van der Waals surface area contributed by atoms with Crippen molar-refractivity contribution in [3.05, 3.63) is 30.7 Å². The maximum Gasteiger partial charge on any atom is 0.120 e. The highest BCUT2D eigenvalue weighted by atomic mass is 14.9. The first kappa shape index (κ1) is 9.27. The van der Waals surface area contributed by atoms with Gasteiger partial charge in [-0.1, -0.05) is 0 Å². The Kier molecular flexibility index (Phi) is 3.52. The van der Waals surface area contributed by atoms with Crippen LogP contribution in [0.4, 0.5) is 5.82 Å². The number of hydrogen-bond acceptors (Lipinski definition) is 4. The predicted molar refractivity (Wildman–Crippen MR) is 49.5 cm³/mol. The van der Waals surface area contributed by atoms with Gasteiger partial charge >= 0.3 is 0 Å². The topological polar surface area (TPSA) is 109 Å². The Morgan fingerprint density at radius 1 is 1.15 bits per heavy atom. The molecule has 2 aromatic rings. The minimum atomic E-state index is 0.542. The molecular formula is C7H12N6. The van der Waals surface area contributed by atoms with Crippen LogP contribution >= 0.6 is 0 Å². The van der Waals surface area contributed by atoms with E-state index in [1.165, 1.54) is 6.33 Å². The first-order valence-electron chi connectivity index (χ1n) is 3.74. The van der Waals surface area contributed by atoms with Crippen LogP contribution in [-0.2, 0) is 6.54 Å². The number of aromatic nitrogens is 4. The molecule has 13 heavy (non-hydrogen) atoms. The van der Waals surface area contributed by atoms with Gasteiger partial charge in [-0.2, -0.15) is 0 Å². The highest BCUT2D eigenvalue weighted by Gasteiger charge is 1.82. The molecular weight excluding hydrogens is 168 g/mol. The number of nitrogen functional groups attached to an aromatic ring is 1. The summed E-state index contributed by atoms with van der Waals surface area (Å²) in [6, 6.07) is 0. The second kappa shape index (κ2) is 4.94. The molecule has 6 heteroatoms. The van der Waals surface area contributed by atoms with E-state index in [-0.39, 0.29) is 0 Å². The lowest BCUT2D eigenvalue weighted by atomic mass is 10.5. The summed E-state index contributed by atoms with van der Waals surface area (Å²) in [5, 5.41) is 0. The predicted octanol–water partition coefficient (Wildman–Crippen LogP) is -0.140. The summed E-state index contributed by atoms with van der Waals surface area (Å²) in [5.74, 6) is 0.606. The second-order valence-corrected chi connectivity index (χ2v) is 2.29. The summed E-state index contributed by atoms with van der Waals surface area (Å²) < 4.78 is 0. The summed E-state index contributed by atoms with van der Waals surface area (Å²) in [6.45, 7) is 0.542. The maximum absolute atomic E-state index is 5.22. The molecule has 0 aliphatic rings. The Hall–Kier alpha value is -1.82. The largest absolute Gasteiger partial charge is 0.384 e. The van der Waals surface area contributed by atoms with Crippen LogP contribution in [0, 0.1) is 0 Å². The zero-order valence-electron chi connectivity index (χ0n) is 7.07. The average Bonchev–Trinajstić information content (AvgIpc) is 2.76. The number of H-pyrrole nitrogens is 2. The molecule has 0 spiro atoms. The van der Waals surface area contributed by atoms with Crippen LogP contribution in [0.1, 0.15) is 5.69 Å². The lowest BCUT2D eigenvalue weighted by Gasteiger charge is -1.80. The van der Waals surface area contributed by atoms with Gasteiger partial charge in [0.2, 0.25) is 0 Å². The monoisotopic (exact) mass is 180 g/mol. The molecule has 0 fully saturated rings.